The van der Waals surface area contributed by atoms with Crippen LogP contribution >= 0.6 is 0 Å². The second-order valence-corrected chi connectivity index (χ2v) is 7.96. The van der Waals surface area contributed by atoms with Crippen LogP contribution in [0.2, 0.25) is 0 Å². The van der Waals surface area contributed by atoms with Gasteiger partial charge in [0.2, 0.25) is 0 Å². The second kappa shape index (κ2) is 4.72. The number of carboxylic acid groups (broad SMARTS) is 1. The van der Waals surface area contributed by atoms with Gasteiger partial charge in [0.15, 0.2) is 0 Å². The molecule has 0 aliphatic heterocycles. The molecule has 4 aliphatic rings. The van der Waals surface area contributed by atoms with Gasteiger partial charge < -0.3 is 20.5 Å². The molecule has 2 aromatic rings. The van der Waals surface area contributed by atoms with E-state index in [4.69, 9.17) is 0 Å². The van der Waals surface area contributed by atoms with E-state index in [1.165, 1.54) is 6.20 Å². The minimum Gasteiger partial charge on any atom is -0.478 e. The first-order valence-electron chi connectivity index (χ1n) is 8.71. The fraction of sp³-hybridized carbons (Fsp3) is 0.556. The minimum absolute atomic E-state index is 0.217. The quantitative estimate of drug-likeness (QED) is 0.695. The molecule has 2 unspecified atom stereocenters. The van der Waals surface area contributed by atoms with Crippen molar-refractivity contribution in [3.05, 3.63) is 24.0 Å². The molecule has 4 N–H and O–H groups in total. The largest absolute Gasteiger partial charge is 0.478 e. The summed E-state index contributed by atoms with van der Waals surface area (Å²) in [6, 6.07) is 2.11. The number of aromatic amines is 1. The summed E-state index contributed by atoms with van der Waals surface area (Å²) in [7, 11) is 0. The van der Waals surface area contributed by atoms with Crippen LogP contribution in [0.4, 0.5) is 5.69 Å². The smallest absolute Gasteiger partial charge is 0.339 e. The summed E-state index contributed by atoms with van der Waals surface area (Å²) in [6.45, 7) is 0. The molecule has 6 nitrogen and oxygen atoms in total. The molecule has 0 radical (unpaired) electrons. The fourth-order valence-corrected chi connectivity index (χ4v) is 5.71. The minimum atomic E-state index is -0.962. The van der Waals surface area contributed by atoms with Crippen LogP contribution in [-0.4, -0.2) is 37.8 Å². The van der Waals surface area contributed by atoms with Crippen molar-refractivity contribution in [1.82, 2.24) is 9.97 Å². The number of aromatic nitrogens is 2. The monoisotopic (exact) mass is 327 g/mol. The highest BCUT2D eigenvalue weighted by molar-refractivity contribution is 6.03. The normalized spacial score (nSPS) is 37.0. The Morgan fingerprint density at radius 2 is 2.04 bits per heavy atom. The first-order valence-corrected chi connectivity index (χ1v) is 8.71. The fourth-order valence-electron chi connectivity index (χ4n) is 5.71. The van der Waals surface area contributed by atoms with Crippen LogP contribution in [0.3, 0.4) is 0 Å². The number of fused-ring (bicyclic) bond motifs is 1. The van der Waals surface area contributed by atoms with Crippen LogP contribution in [0.1, 0.15) is 42.5 Å². The molecular weight excluding hydrogens is 306 g/mol. The summed E-state index contributed by atoms with van der Waals surface area (Å²) in [5, 5.41) is 24.7. The Kier molecular flexibility index (Phi) is 2.81. The van der Waals surface area contributed by atoms with Crippen molar-refractivity contribution in [2.45, 2.75) is 43.7 Å². The zero-order valence-corrected chi connectivity index (χ0v) is 13.3. The average molecular weight is 327 g/mol. The molecule has 4 bridgehead atoms. The zero-order valence-electron chi connectivity index (χ0n) is 13.3. The van der Waals surface area contributed by atoms with Crippen molar-refractivity contribution in [1.29, 1.82) is 0 Å². The number of hydrogen-bond donors (Lipinski definition) is 4. The molecular formula is C18H21N3O3. The highest BCUT2D eigenvalue weighted by Gasteiger charge is 2.54. The maximum absolute atomic E-state index is 11.7. The van der Waals surface area contributed by atoms with E-state index in [1.54, 1.807) is 6.20 Å². The Hall–Kier alpha value is -2.08. The summed E-state index contributed by atoms with van der Waals surface area (Å²) in [5.74, 6) is 0.514. The number of pyridine rings is 1. The van der Waals surface area contributed by atoms with E-state index in [0.29, 0.717) is 29.1 Å². The summed E-state index contributed by atoms with van der Waals surface area (Å²) >= 11 is 0. The number of H-pyrrole nitrogens is 1. The number of nitrogens with one attached hydrogen (secondary N) is 2. The van der Waals surface area contributed by atoms with Crippen LogP contribution in [0.5, 0.6) is 0 Å². The number of carboxylic acids is 1. The molecule has 4 saturated carbocycles. The predicted octanol–water partition coefficient (Wildman–Crippen LogP) is 2.61. The van der Waals surface area contributed by atoms with Gasteiger partial charge in [-0.3, -0.25) is 0 Å². The Morgan fingerprint density at radius 1 is 1.29 bits per heavy atom. The van der Waals surface area contributed by atoms with Gasteiger partial charge >= 0.3 is 5.97 Å². The van der Waals surface area contributed by atoms with Gasteiger partial charge in [0, 0.05) is 23.8 Å². The number of nitrogens with zero attached hydrogens (tertiary/aromatic N) is 1. The van der Waals surface area contributed by atoms with Gasteiger partial charge in [-0.2, -0.15) is 0 Å². The molecule has 6 rings (SSSR count). The maximum atomic E-state index is 11.7. The SMILES string of the molecule is O=C(O)c1cnc2[nH]ccc2c1NC1[C@@H]2CC3C[C@H]1C[C@@](O)(C3)C2. The van der Waals surface area contributed by atoms with Crippen molar-refractivity contribution in [3.63, 3.8) is 0 Å². The van der Waals surface area contributed by atoms with E-state index in [9.17, 15) is 15.0 Å². The third-order valence-electron chi connectivity index (χ3n) is 6.37. The molecule has 4 fully saturated rings. The van der Waals surface area contributed by atoms with Crippen molar-refractivity contribution >= 4 is 22.7 Å². The second-order valence-electron chi connectivity index (χ2n) is 7.96. The van der Waals surface area contributed by atoms with E-state index in [0.717, 1.165) is 37.5 Å². The molecule has 0 spiro atoms. The molecule has 2 heterocycles. The van der Waals surface area contributed by atoms with Gasteiger partial charge in [0.1, 0.15) is 11.2 Å². The summed E-state index contributed by atoms with van der Waals surface area (Å²) in [4.78, 5) is 18.9. The van der Waals surface area contributed by atoms with Gasteiger partial charge in [-0.15, -0.1) is 0 Å². The lowest BCUT2D eigenvalue weighted by Crippen LogP contribution is -2.59. The number of rotatable bonds is 3. The third kappa shape index (κ3) is 1.99. The highest BCUT2D eigenvalue weighted by atomic mass is 16.4. The van der Waals surface area contributed by atoms with E-state index >= 15 is 0 Å². The van der Waals surface area contributed by atoms with E-state index in [-0.39, 0.29) is 11.6 Å². The van der Waals surface area contributed by atoms with Crippen LogP contribution in [0.15, 0.2) is 18.5 Å². The van der Waals surface area contributed by atoms with Crippen LogP contribution < -0.4 is 5.32 Å². The first kappa shape index (κ1) is 14.3. The lowest BCUT2D eigenvalue weighted by Gasteiger charge is -2.58. The Morgan fingerprint density at radius 3 is 2.71 bits per heavy atom. The van der Waals surface area contributed by atoms with Crippen LogP contribution in [0, 0.1) is 17.8 Å². The molecule has 24 heavy (non-hydrogen) atoms. The van der Waals surface area contributed by atoms with E-state index < -0.39 is 11.6 Å². The Labute approximate surface area is 139 Å². The topological polar surface area (TPSA) is 98.2 Å². The lowest BCUT2D eigenvalue weighted by molar-refractivity contribution is -0.129. The van der Waals surface area contributed by atoms with Gasteiger partial charge in [0.25, 0.3) is 0 Å². The van der Waals surface area contributed by atoms with Crippen molar-refractivity contribution in [2.75, 3.05) is 5.32 Å². The van der Waals surface area contributed by atoms with Gasteiger partial charge in [0.05, 0.1) is 11.3 Å². The van der Waals surface area contributed by atoms with Crippen LogP contribution in [0.25, 0.3) is 11.0 Å². The molecule has 2 aromatic heterocycles. The number of aliphatic hydroxyl groups is 1. The molecule has 0 saturated heterocycles. The first-order chi connectivity index (χ1) is 11.5. The van der Waals surface area contributed by atoms with Crippen molar-refractivity contribution in [2.24, 2.45) is 17.8 Å². The maximum Gasteiger partial charge on any atom is 0.339 e. The molecule has 0 aromatic carbocycles. The van der Waals surface area contributed by atoms with E-state index in [2.05, 4.69) is 15.3 Å². The van der Waals surface area contributed by atoms with Gasteiger partial charge in [-0.25, -0.2) is 9.78 Å². The number of carbonyl (C=O) groups is 1. The van der Waals surface area contributed by atoms with Gasteiger partial charge in [-0.1, -0.05) is 0 Å². The third-order valence-corrected chi connectivity index (χ3v) is 6.37. The van der Waals surface area contributed by atoms with Gasteiger partial charge in [-0.05, 0) is 55.9 Å². The number of anilines is 1. The standard InChI is InChI=1S/C18H21N3O3/c22-17(23)13-8-20-16-12(1-2-19-16)15(13)21-14-10-3-9-4-11(14)7-18(24,5-9)6-10/h1-2,8-11,14,24H,3-7H2,(H,22,23)(H2,19,20,21)/t9?,10-,11+,14?,18-. The number of aromatic carboxylic acids is 1. The molecule has 6 heteroatoms. The molecule has 126 valence electrons. The summed E-state index contributed by atoms with van der Waals surface area (Å²) in [5.41, 5.74) is 1.10. The van der Waals surface area contributed by atoms with E-state index in [1.807, 2.05) is 6.07 Å². The Balaban J connectivity index is 1.54. The lowest BCUT2D eigenvalue weighted by atomic mass is 9.52. The zero-order chi connectivity index (χ0) is 16.5. The summed E-state index contributed by atoms with van der Waals surface area (Å²) < 4.78 is 0. The van der Waals surface area contributed by atoms with Crippen molar-refractivity contribution in [3.8, 4) is 0 Å². The number of hydrogen-bond acceptors (Lipinski definition) is 4. The molecule has 4 aliphatic carbocycles. The molecule has 0 amide bonds. The predicted molar refractivity (Wildman–Crippen MR) is 89.0 cm³/mol. The van der Waals surface area contributed by atoms with Crippen molar-refractivity contribution < 1.29 is 15.0 Å². The average Bonchev–Trinajstić information content (AvgIpc) is 2.97. The molecule has 5 atom stereocenters. The highest BCUT2D eigenvalue weighted by Crippen LogP contribution is 2.56. The van der Waals surface area contributed by atoms with Crippen LogP contribution in [-0.2, 0) is 0 Å². The Bertz CT molecular complexity index is 814. The summed E-state index contributed by atoms with van der Waals surface area (Å²) in [6.07, 6.45) is 8.11.